The normalized spacial score (nSPS) is 11.4. The van der Waals surface area contributed by atoms with Gasteiger partial charge in [-0.1, -0.05) is 0 Å². The topological polar surface area (TPSA) is 119 Å². The van der Waals surface area contributed by atoms with E-state index >= 15 is 0 Å². The number of hydrogen-bond donors (Lipinski definition) is 2. The van der Waals surface area contributed by atoms with Crippen LogP contribution in [0.1, 0.15) is 40.8 Å². The van der Waals surface area contributed by atoms with Crippen molar-refractivity contribution in [3.05, 3.63) is 58.2 Å². The summed E-state index contributed by atoms with van der Waals surface area (Å²) < 4.78 is 27.8. The van der Waals surface area contributed by atoms with Crippen LogP contribution in [0.4, 0.5) is 11.4 Å². The van der Waals surface area contributed by atoms with Crippen LogP contribution in [0.5, 0.6) is 0 Å². The molecule has 9 nitrogen and oxygen atoms in total. The summed E-state index contributed by atoms with van der Waals surface area (Å²) in [4.78, 5) is 21.6. The van der Waals surface area contributed by atoms with Gasteiger partial charge in [0, 0.05) is 28.3 Å². The molecule has 0 fully saturated rings. The Hall–Kier alpha value is -3.27. The summed E-state index contributed by atoms with van der Waals surface area (Å²) in [6.45, 7) is 10.9. The number of nitrogens with one attached hydrogen (secondary N) is 2. The third kappa shape index (κ3) is 5.31. The molecule has 0 spiro atoms. The van der Waals surface area contributed by atoms with Crippen molar-refractivity contribution >= 4 is 27.3 Å². The largest absolute Gasteiger partial charge is 0.326 e. The number of hydrogen-bond acceptors (Lipinski definition) is 6. The predicted molar refractivity (Wildman–Crippen MR) is 125 cm³/mol. The highest BCUT2D eigenvalue weighted by atomic mass is 32.2. The van der Waals surface area contributed by atoms with Gasteiger partial charge in [-0.05, 0) is 71.4 Å². The average Bonchev–Trinajstić information content (AvgIpc) is 2.97. The summed E-state index contributed by atoms with van der Waals surface area (Å²) >= 11 is 0. The summed E-state index contributed by atoms with van der Waals surface area (Å²) in [5, 5.41) is 7.41. The van der Waals surface area contributed by atoms with Gasteiger partial charge in [0.25, 0.3) is 5.95 Å². The van der Waals surface area contributed by atoms with E-state index in [1.54, 1.807) is 36.7 Å². The van der Waals surface area contributed by atoms with Crippen molar-refractivity contribution in [1.82, 2.24) is 19.7 Å². The molecule has 0 saturated carbocycles. The molecule has 0 aliphatic carbocycles. The van der Waals surface area contributed by atoms with Crippen molar-refractivity contribution in [2.45, 2.75) is 48.0 Å². The fourth-order valence-corrected chi connectivity index (χ4v) is 4.10. The number of nitrogens with zero attached hydrogens (tertiary/aromatic N) is 4. The lowest BCUT2D eigenvalue weighted by molar-refractivity contribution is -0.115. The molecule has 2 N–H and O–H groups in total. The van der Waals surface area contributed by atoms with Crippen LogP contribution < -0.4 is 10.0 Å². The molecule has 0 unspecified atom stereocenters. The van der Waals surface area contributed by atoms with Gasteiger partial charge in [-0.25, -0.2) is 23.1 Å². The van der Waals surface area contributed by atoms with Crippen LogP contribution in [0.25, 0.3) is 5.95 Å². The highest BCUT2D eigenvalue weighted by Gasteiger charge is 2.18. The minimum Gasteiger partial charge on any atom is -0.326 e. The number of carbonyl (C=O) groups excluding carboxylic acids is 1. The lowest BCUT2D eigenvalue weighted by Crippen LogP contribution is -2.17. The molecule has 1 amide bonds. The number of anilines is 2. The Balaban J connectivity index is 1.77. The first-order valence-electron chi connectivity index (χ1n) is 10.3. The van der Waals surface area contributed by atoms with E-state index in [1.165, 1.54) is 0 Å². The molecular weight excluding hydrogens is 428 g/mol. The molecular formula is C22H28N6O3S. The Morgan fingerprint density at radius 3 is 2.28 bits per heavy atom. The van der Waals surface area contributed by atoms with E-state index in [9.17, 15) is 13.2 Å². The van der Waals surface area contributed by atoms with Crippen LogP contribution in [-0.2, 0) is 21.2 Å². The van der Waals surface area contributed by atoms with Gasteiger partial charge in [0.15, 0.2) is 0 Å². The van der Waals surface area contributed by atoms with Crippen molar-refractivity contribution in [1.29, 1.82) is 0 Å². The number of rotatable bonds is 7. The Morgan fingerprint density at radius 1 is 1.03 bits per heavy atom. The second-order valence-corrected chi connectivity index (χ2v) is 9.78. The summed E-state index contributed by atoms with van der Waals surface area (Å²) in [5.74, 6) is 0.277. The van der Waals surface area contributed by atoms with Crippen molar-refractivity contribution in [2.75, 3.05) is 15.8 Å². The molecule has 0 radical (unpaired) electrons. The summed E-state index contributed by atoms with van der Waals surface area (Å²) in [6, 6.07) is 6.94. The second kappa shape index (κ2) is 9.07. The summed E-state index contributed by atoms with van der Waals surface area (Å²) in [5.41, 5.74) is 5.85. The molecule has 0 bridgehead atoms. The van der Waals surface area contributed by atoms with Gasteiger partial charge >= 0.3 is 0 Å². The molecule has 2 heterocycles. The lowest BCUT2D eigenvalue weighted by atomic mass is 10.1. The smallest absolute Gasteiger partial charge is 0.251 e. The standard InChI is InChI=1S/C22H28N6O3S/c1-7-32(30,31)27-20-9-8-18(10-13(20)2)25-21(29)12-19-16(5)26-28(17(19)6)22-23-14(3)11-15(4)24-22/h8-11,27H,7,12H2,1-6H3,(H,25,29). The minimum absolute atomic E-state index is 0.00945. The van der Waals surface area contributed by atoms with Crippen molar-refractivity contribution in [3.63, 3.8) is 0 Å². The van der Waals surface area contributed by atoms with Gasteiger partial charge in [-0.15, -0.1) is 0 Å². The zero-order valence-corrected chi connectivity index (χ0v) is 20.0. The maximum Gasteiger partial charge on any atom is 0.251 e. The first kappa shape index (κ1) is 23.4. The van der Waals surface area contributed by atoms with E-state index in [1.807, 2.05) is 33.8 Å². The quantitative estimate of drug-likeness (QED) is 0.564. The van der Waals surface area contributed by atoms with Crippen molar-refractivity contribution in [2.24, 2.45) is 0 Å². The van der Waals surface area contributed by atoms with Crippen LogP contribution in [-0.4, -0.2) is 39.8 Å². The Labute approximate surface area is 188 Å². The highest BCUT2D eigenvalue weighted by molar-refractivity contribution is 7.92. The van der Waals surface area contributed by atoms with E-state index in [0.29, 0.717) is 22.9 Å². The van der Waals surface area contributed by atoms with Crippen LogP contribution in [0.15, 0.2) is 24.3 Å². The van der Waals surface area contributed by atoms with Crippen LogP contribution >= 0.6 is 0 Å². The zero-order valence-electron chi connectivity index (χ0n) is 19.1. The van der Waals surface area contributed by atoms with E-state index in [2.05, 4.69) is 25.1 Å². The molecule has 32 heavy (non-hydrogen) atoms. The fraction of sp³-hybridized carbons (Fsp3) is 0.364. The molecule has 3 rings (SSSR count). The zero-order chi connectivity index (χ0) is 23.6. The third-order valence-corrected chi connectivity index (χ3v) is 6.39. The number of aromatic nitrogens is 4. The number of benzene rings is 1. The molecule has 0 aliphatic heterocycles. The summed E-state index contributed by atoms with van der Waals surface area (Å²) in [6.07, 6.45) is 0.145. The maximum atomic E-state index is 12.7. The van der Waals surface area contributed by atoms with Crippen LogP contribution in [0, 0.1) is 34.6 Å². The first-order chi connectivity index (χ1) is 15.0. The van der Waals surface area contributed by atoms with E-state index < -0.39 is 10.0 Å². The van der Waals surface area contributed by atoms with E-state index in [-0.39, 0.29) is 18.1 Å². The van der Waals surface area contributed by atoms with E-state index in [4.69, 9.17) is 0 Å². The average molecular weight is 457 g/mol. The van der Waals surface area contributed by atoms with Gasteiger partial charge in [0.05, 0.1) is 23.6 Å². The second-order valence-electron chi connectivity index (χ2n) is 7.77. The molecule has 1 aromatic carbocycles. The molecule has 2 aromatic heterocycles. The summed E-state index contributed by atoms with van der Waals surface area (Å²) in [7, 11) is -3.36. The van der Waals surface area contributed by atoms with Crippen LogP contribution in [0.2, 0.25) is 0 Å². The maximum absolute atomic E-state index is 12.7. The molecule has 170 valence electrons. The SMILES string of the molecule is CCS(=O)(=O)Nc1ccc(NC(=O)Cc2c(C)nn(-c3nc(C)cc(C)n3)c2C)cc1C. The minimum atomic E-state index is -3.36. The number of aryl methyl sites for hydroxylation is 4. The van der Waals surface area contributed by atoms with Gasteiger partial charge in [-0.3, -0.25) is 9.52 Å². The Kier molecular flexibility index (Phi) is 6.63. The van der Waals surface area contributed by atoms with Crippen LogP contribution in [0.3, 0.4) is 0 Å². The number of sulfonamides is 1. The monoisotopic (exact) mass is 456 g/mol. The number of carbonyl (C=O) groups is 1. The molecule has 0 atom stereocenters. The highest BCUT2D eigenvalue weighted by Crippen LogP contribution is 2.22. The Bertz CT molecular complexity index is 1260. The van der Waals surface area contributed by atoms with Gasteiger partial charge in [0.2, 0.25) is 15.9 Å². The van der Waals surface area contributed by atoms with Gasteiger partial charge < -0.3 is 5.32 Å². The van der Waals surface area contributed by atoms with E-state index in [0.717, 1.165) is 28.3 Å². The molecule has 10 heteroatoms. The van der Waals surface area contributed by atoms with Gasteiger partial charge in [-0.2, -0.15) is 5.10 Å². The molecule has 3 aromatic rings. The number of amides is 1. The van der Waals surface area contributed by atoms with Crippen molar-refractivity contribution < 1.29 is 13.2 Å². The first-order valence-corrected chi connectivity index (χ1v) is 11.9. The van der Waals surface area contributed by atoms with Crippen molar-refractivity contribution in [3.8, 4) is 5.95 Å². The predicted octanol–water partition coefficient (Wildman–Crippen LogP) is 3.15. The van der Waals surface area contributed by atoms with Gasteiger partial charge in [0.1, 0.15) is 0 Å². The Morgan fingerprint density at radius 2 is 1.69 bits per heavy atom. The molecule has 0 aliphatic rings. The molecule has 0 saturated heterocycles. The lowest BCUT2D eigenvalue weighted by Gasteiger charge is -2.12. The fourth-order valence-electron chi connectivity index (χ4n) is 3.39. The third-order valence-electron chi connectivity index (χ3n) is 5.09.